The molecule has 1 fully saturated rings. The van der Waals surface area contributed by atoms with Crippen molar-refractivity contribution in [1.29, 1.82) is 0 Å². The molecule has 2 aromatic carbocycles. The Morgan fingerprint density at radius 2 is 1.63 bits per heavy atom. The van der Waals surface area contributed by atoms with Gasteiger partial charge in [-0.15, -0.1) is 0 Å². The van der Waals surface area contributed by atoms with E-state index < -0.39 is 6.10 Å². The molecule has 0 bridgehead atoms. The first-order valence-electron chi connectivity index (χ1n) is 9.16. The van der Waals surface area contributed by atoms with Gasteiger partial charge in [0.05, 0.1) is 13.2 Å². The van der Waals surface area contributed by atoms with Crippen LogP contribution >= 0.6 is 0 Å². The second kappa shape index (κ2) is 9.39. The molecule has 1 saturated heterocycles. The molecule has 2 aromatic rings. The minimum Gasteiger partial charge on any atom is -0.493 e. The summed E-state index contributed by atoms with van der Waals surface area (Å²) in [6.07, 6.45) is -0.512. The van der Waals surface area contributed by atoms with Gasteiger partial charge in [0.15, 0.2) is 18.1 Å². The summed E-state index contributed by atoms with van der Waals surface area (Å²) in [6, 6.07) is 16.9. The molecule has 1 heterocycles. The summed E-state index contributed by atoms with van der Waals surface area (Å²) in [5, 5.41) is 10.4. The fourth-order valence-corrected chi connectivity index (χ4v) is 3.17. The van der Waals surface area contributed by atoms with Gasteiger partial charge in [-0.2, -0.15) is 0 Å². The maximum absolute atomic E-state index is 12.4. The lowest BCUT2D eigenvalue weighted by molar-refractivity contribution is -0.135. The van der Waals surface area contributed by atoms with Gasteiger partial charge in [0, 0.05) is 32.7 Å². The average Bonchev–Trinajstić information content (AvgIpc) is 2.73. The molecule has 0 saturated carbocycles. The van der Waals surface area contributed by atoms with Gasteiger partial charge in [0.2, 0.25) is 0 Å². The van der Waals surface area contributed by atoms with E-state index in [1.165, 1.54) is 0 Å². The predicted octanol–water partition coefficient (Wildman–Crippen LogP) is 1.95. The summed E-state index contributed by atoms with van der Waals surface area (Å²) in [5.41, 5.74) is 0.918. The van der Waals surface area contributed by atoms with Crippen molar-refractivity contribution in [2.45, 2.75) is 6.10 Å². The highest BCUT2D eigenvalue weighted by Gasteiger charge is 2.23. The fourth-order valence-electron chi connectivity index (χ4n) is 3.17. The number of benzene rings is 2. The first-order valence-corrected chi connectivity index (χ1v) is 9.16. The largest absolute Gasteiger partial charge is 0.493 e. The lowest BCUT2D eigenvalue weighted by Crippen LogP contribution is -2.50. The number of amides is 1. The SMILES string of the molecule is COc1ccccc1OCC(=O)N1CCN(CC(O)c2ccccc2)CC1. The van der Waals surface area contributed by atoms with Crippen molar-refractivity contribution in [1.82, 2.24) is 9.80 Å². The van der Waals surface area contributed by atoms with Gasteiger partial charge in [-0.05, 0) is 17.7 Å². The number of hydrogen-bond donors (Lipinski definition) is 1. The van der Waals surface area contributed by atoms with Crippen molar-refractivity contribution in [3.63, 3.8) is 0 Å². The van der Waals surface area contributed by atoms with Gasteiger partial charge in [-0.25, -0.2) is 0 Å². The second-order valence-corrected chi connectivity index (χ2v) is 6.55. The van der Waals surface area contributed by atoms with Crippen LogP contribution in [0.25, 0.3) is 0 Å². The van der Waals surface area contributed by atoms with E-state index in [1.807, 2.05) is 42.5 Å². The van der Waals surface area contributed by atoms with E-state index in [-0.39, 0.29) is 12.5 Å². The number of methoxy groups -OCH3 is 1. The van der Waals surface area contributed by atoms with E-state index in [0.29, 0.717) is 31.1 Å². The van der Waals surface area contributed by atoms with Crippen molar-refractivity contribution in [3.8, 4) is 11.5 Å². The monoisotopic (exact) mass is 370 g/mol. The number of β-amino-alcohol motifs (C(OH)–C–C–N with tert-alkyl or cyclic N) is 1. The van der Waals surface area contributed by atoms with Crippen molar-refractivity contribution in [2.24, 2.45) is 0 Å². The van der Waals surface area contributed by atoms with Crippen LogP contribution < -0.4 is 9.47 Å². The lowest BCUT2D eigenvalue weighted by atomic mass is 10.1. The molecule has 1 aliphatic rings. The van der Waals surface area contributed by atoms with Gasteiger partial charge in [-0.3, -0.25) is 9.69 Å². The third-order valence-electron chi connectivity index (χ3n) is 4.76. The molecule has 144 valence electrons. The van der Waals surface area contributed by atoms with Gasteiger partial charge in [0.25, 0.3) is 5.91 Å². The third kappa shape index (κ3) is 5.21. The standard InChI is InChI=1S/C21H26N2O4/c1-26-19-9-5-6-10-20(19)27-16-21(25)23-13-11-22(12-14-23)15-18(24)17-7-3-2-4-8-17/h2-10,18,24H,11-16H2,1H3. The lowest BCUT2D eigenvalue weighted by Gasteiger charge is -2.35. The van der Waals surface area contributed by atoms with Crippen LogP contribution in [0.1, 0.15) is 11.7 Å². The summed E-state index contributed by atoms with van der Waals surface area (Å²) >= 11 is 0. The molecule has 1 aliphatic heterocycles. The molecule has 6 heteroatoms. The van der Waals surface area contributed by atoms with Crippen LogP contribution in [0.3, 0.4) is 0 Å². The molecule has 3 rings (SSSR count). The van der Waals surface area contributed by atoms with E-state index >= 15 is 0 Å². The molecule has 1 amide bonds. The Kier molecular flexibility index (Phi) is 6.68. The number of rotatable bonds is 7. The topological polar surface area (TPSA) is 62.2 Å². The third-order valence-corrected chi connectivity index (χ3v) is 4.76. The first-order chi connectivity index (χ1) is 13.2. The summed E-state index contributed by atoms with van der Waals surface area (Å²) < 4.78 is 10.9. The molecular formula is C21H26N2O4. The summed E-state index contributed by atoms with van der Waals surface area (Å²) in [7, 11) is 1.58. The zero-order chi connectivity index (χ0) is 19.1. The maximum Gasteiger partial charge on any atom is 0.260 e. The number of aliphatic hydroxyl groups is 1. The number of ether oxygens (including phenoxy) is 2. The molecule has 0 radical (unpaired) electrons. The number of carbonyl (C=O) groups excluding carboxylic acids is 1. The normalized spacial score (nSPS) is 16.0. The minimum absolute atomic E-state index is 0.00693. The van der Waals surface area contributed by atoms with Crippen LogP contribution in [-0.4, -0.2) is 67.3 Å². The molecule has 1 unspecified atom stereocenters. The molecule has 0 aliphatic carbocycles. The molecule has 0 spiro atoms. The van der Waals surface area contributed by atoms with Crippen LogP contribution in [0.4, 0.5) is 0 Å². The molecular weight excluding hydrogens is 344 g/mol. The number of hydrogen-bond acceptors (Lipinski definition) is 5. The highest BCUT2D eigenvalue weighted by atomic mass is 16.5. The van der Waals surface area contributed by atoms with Crippen molar-refractivity contribution in [2.75, 3.05) is 46.4 Å². The van der Waals surface area contributed by atoms with Crippen molar-refractivity contribution >= 4 is 5.91 Å². The van der Waals surface area contributed by atoms with Crippen molar-refractivity contribution < 1.29 is 19.4 Å². The zero-order valence-electron chi connectivity index (χ0n) is 15.6. The summed E-state index contributed by atoms with van der Waals surface area (Å²) in [5.74, 6) is 1.15. The average molecular weight is 370 g/mol. The van der Waals surface area contributed by atoms with E-state index in [2.05, 4.69) is 4.90 Å². The Hall–Kier alpha value is -2.57. The molecule has 6 nitrogen and oxygen atoms in total. The highest BCUT2D eigenvalue weighted by Crippen LogP contribution is 2.25. The van der Waals surface area contributed by atoms with Gasteiger partial charge in [0.1, 0.15) is 0 Å². The van der Waals surface area contributed by atoms with Gasteiger partial charge >= 0.3 is 0 Å². The van der Waals surface area contributed by atoms with E-state index in [9.17, 15) is 9.90 Å². The number of para-hydroxylation sites is 2. The number of nitrogens with zero attached hydrogens (tertiary/aromatic N) is 2. The Labute approximate surface area is 159 Å². The number of piperazine rings is 1. The quantitative estimate of drug-likeness (QED) is 0.807. The first kappa shape index (κ1) is 19.2. The number of aliphatic hydroxyl groups excluding tert-OH is 1. The fraction of sp³-hybridized carbons (Fsp3) is 0.381. The van der Waals surface area contributed by atoms with Crippen LogP contribution in [0, 0.1) is 0 Å². The number of carbonyl (C=O) groups is 1. The van der Waals surface area contributed by atoms with E-state index in [0.717, 1.165) is 18.7 Å². The zero-order valence-corrected chi connectivity index (χ0v) is 15.6. The molecule has 1 atom stereocenters. The van der Waals surface area contributed by atoms with E-state index in [4.69, 9.17) is 9.47 Å². The van der Waals surface area contributed by atoms with E-state index in [1.54, 1.807) is 24.1 Å². The predicted molar refractivity (Wildman–Crippen MR) is 103 cm³/mol. The molecule has 0 aromatic heterocycles. The Balaban J connectivity index is 1.44. The Bertz CT molecular complexity index is 730. The molecule has 1 N–H and O–H groups in total. The molecule has 27 heavy (non-hydrogen) atoms. The summed E-state index contributed by atoms with van der Waals surface area (Å²) in [6.45, 7) is 3.32. The Morgan fingerprint density at radius 1 is 1.00 bits per heavy atom. The smallest absolute Gasteiger partial charge is 0.260 e. The van der Waals surface area contributed by atoms with Gasteiger partial charge in [-0.1, -0.05) is 42.5 Å². The van der Waals surface area contributed by atoms with Crippen LogP contribution in [0.5, 0.6) is 11.5 Å². The van der Waals surface area contributed by atoms with Crippen LogP contribution in [-0.2, 0) is 4.79 Å². The van der Waals surface area contributed by atoms with Crippen molar-refractivity contribution in [3.05, 3.63) is 60.2 Å². The Morgan fingerprint density at radius 3 is 2.30 bits per heavy atom. The second-order valence-electron chi connectivity index (χ2n) is 6.55. The summed E-state index contributed by atoms with van der Waals surface area (Å²) in [4.78, 5) is 16.4. The maximum atomic E-state index is 12.4. The van der Waals surface area contributed by atoms with Crippen LogP contribution in [0.2, 0.25) is 0 Å². The van der Waals surface area contributed by atoms with Crippen LogP contribution in [0.15, 0.2) is 54.6 Å². The van der Waals surface area contributed by atoms with Gasteiger partial charge < -0.3 is 19.5 Å². The highest BCUT2D eigenvalue weighted by molar-refractivity contribution is 5.78. The minimum atomic E-state index is -0.512.